The molecule has 0 amide bonds. The van der Waals surface area contributed by atoms with Crippen LogP contribution in [0.1, 0.15) is 23.7 Å². The maximum atomic E-state index is 4.50. The van der Waals surface area contributed by atoms with E-state index in [-0.39, 0.29) is 0 Å². The van der Waals surface area contributed by atoms with Gasteiger partial charge in [0.15, 0.2) is 0 Å². The van der Waals surface area contributed by atoms with Gasteiger partial charge in [0.05, 0.1) is 10.7 Å². The van der Waals surface area contributed by atoms with E-state index >= 15 is 0 Å². The maximum absolute atomic E-state index is 4.50. The van der Waals surface area contributed by atoms with Crippen molar-refractivity contribution < 1.29 is 0 Å². The third kappa shape index (κ3) is 2.90. The highest BCUT2D eigenvalue weighted by atomic mass is 32.1. The van der Waals surface area contributed by atoms with E-state index in [1.165, 1.54) is 10.4 Å². The van der Waals surface area contributed by atoms with Gasteiger partial charge >= 0.3 is 0 Å². The van der Waals surface area contributed by atoms with Crippen LogP contribution in [0.3, 0.4) is 0 Å². The Hall–Kier alpha value is -1.15. The Morgan fingerprint density at radius 2 is 1.60 bits per heavy atom. The fourth-order valence-corrected chi connectivity index (χ4v) is 2.23. The molecule has 2 aromatic rings. The molecular formula is C13H17NS. The van der Waals surface area contributed by atoms with Crippen molar-refractivity contribution in [3.63, 3.8) is 0 Å². The summed E-state index contributed by atoms with van der Waals surface area (Å²) in [5.74, 6) is 0. The van der Waals surface area contributed by atoms with E-state index < -0.39 is 0 Å². The average molecular weight is 219 g/mol. The third-order valence-corrected chi connectivity index (χ3v) is 2.84. The van der Waals surface area contributed by atoms with Crippen LogP contribution in [0.4, 0.5) is 0 Å². The van der Waals surface area contributed by atoms with Crippen molar-refractivity contribution in [2.45, 2.75) is 27.7 Å². The van der Waals surface area contributed by atoms with Crippen LogP contribution < -0.4 is 0 Å². The average Bonchev–Trinajstić information content (AvgIpc) is 2.62. The molecule has 0 atom stereocenters. The zero-order chi connectivity index (χ0) is 11.3. The summed E-state index contributed by atoms with van der Waals surface area (Å²) in [6.07, 6.45) is 0. The van der Waals surface area contributed by atoms with Gasteiger partial charge in [-0.25, -0.2) is 4.98 Å². The Labute approximate surface area is 95.8 Å². The highest BCUT2D eigenvalue weighted by Crippen LogP contribution is 2.26. The Balaban J connectivity index is 0.000000531. The number of hydrogen-bond donors (Lipinski definition) is 0. The lowest BCUT2D eigenvalue weighted by atomic mass is 10.1. The largest absolute Gasteiger partial charge is 0.241 e. The number of rotatable bonds is 1. The number of thiazole rings is 1. The molecule has 1 heterocycles. The minimum Gasteiger partial charge on any atom is -0.241 e. The Kier molecular flexibility index (Phi) is 4.50. The predicted octanol–water partition coefficient (Wildman–Crippen LogP) is 4.45. The molecule has 0 bridgehead atoms. The molecule has 0 aliphatic rings. The molecular weight excluding hydrogens is 202 g/mol. The molecule has 0 spiro atoms. The van der Waals surface area contributed by atoms with Gasteiger partial charge in [-0.1, -0.05) is 44.2 Å². The van der Waals surface area contributed by atoms with Gasteiger partial charge in [-0.15, -0.1) is 11.3 Å². The van der Waals surface area contributed by atoms with E-state index in [1.807, 2.05) is 39.0 Å². The monoisotopic (exact) mass is 219 g/mol. The lowest BCUT2D eigenvalue weighted by Crippen LogP contribution is -1.79. The fraction of sp³-hybridized carbons (Fsp3) is 0.308. The zero-order valence-corrected chi connectivity index (χ0v) is 10.6. The van der Waals surface area contributed by atoms with Crippen LogP contribution in [0.15, 0.2) is 30.3 Å². The number of nitrogens with zero attached hydrogens (tertiary/aromatic N) is 1. The first-order valence-electron chi connectivity index (χ1n) is 5.27. The molecule has 1 aromatic carbocycles. The molecule has 2 heteroatoms. The lowest BCUT2D eigenvalue weighted by Gasteiger charge is -1.96. The zero-order valence-electron chi connectivity index (χ0n) is 9.74. The van der Waals surface area contributed by atoms with Gasteiger partial charge < -0.3 is 0 Å². The maximum Gasteiger partial charge on any atom is 0.0904 e. The van der Waals surface area contributed by atoms with Crippen molar-refractivity contribution in [2.24, 2.45) is 0 Å². The topological polar surface area (TPSA) is 12.9 Å². The number of aromatic nitrogens is 1. The molecule has 0 unspecified atom stereocenters. The summed E-state index contributed by atoms with van der Waals surface area (Å²) in [6, 6.07) is 10.3. The van der Waals surface area contributed by atoms with Gasteiger partial charge in [0.1, 0.15) is 0 Å². The van der Waals surface area contributed by atoms with E-state index in [9.17, 15) is 0 Å². The van der Waals surface area contributed by atoms with E-state index in [0.717, 1.165) is 10.7 Å². The molecule has 0 fully saturated rings. The lowest BCUT2D eigenvalue weighted by molar-refractivity contribution is 1.28. The Morgan fingerprint density at radius 1 is 1.00 bits per heavy atom. The summed E-state index contributed by atoms with van der Waals surface area (Å²) in [6.45, 7) is 8.16. The van der Waals surface area contributed by atoms with Crippen LogP contribution in [0.2, 0.25) is 0 Å². The molecule has 1 aromatic heterocycles. The molecule has 2 rings (SSSR count). The Morgan fingerprint density at radius 3 is 2.07 bits per heavy atom. The molecule has 0 aliphatic heterocycles. The van der Waals surface area contributed by atoms with Gasteiger partial charge in [0.2, 0.25) is 0 Å². The highest BCUT2D eigenvalue weighted by Gasteiger charge is 2.05. The minimum atomic E-state index is 1.13. The Bertz CT molecular complexity index is 404. The second-order valence-electron chi connectivity index (χ2n) is 3.00. The smallest absolute Gasteiger partial charge is 0.0904 e. The van der Waals surface area contributed by atoms with E-state index in [1.54, 1.807) is 11.3 Å². The van der Waals surface area contributed by atoms with Gasteiger partial charge in [-0.2, -0.15) is 0 Å². The fourth-order valence-electron chi connectivity index (χ4n) is 1.39. The second kappa shape index (κ2) is 5.66. The first kappa shape index (κ1) is 11.9. The number of aryl methyl sites for hydroxylation is 2. The van der Waals surface area contributed by atoms with Crippen molar-refractivity contribution in [1.29, 1.82) is 0 Å². The number of hydrogen-bond acceptors (Lipinski definition) is 2. The van der Waals surface area contributed by atoms with Crippen LogP contribution >= 0.6 is 11.3 Å². The van der Waals surface area contributed by atoms with Crippen molar-refractivity contribution in [3.8, 4) is 11.3 Å². The summed E-state index contributed by atoms with van der Waals surface area (Å²) in [5, 5.41) is 1.14. The quantitative estimate of drug-likeness (QED) is 0.690. The molecule has 0 saturated heterocycles. The van der Waals surface area contributed by atoms with Crippen molar-refractivity contribution in [3.05, 3.63) is 40.2 Å². The number of benzene rings is 1. The molecule has 15 heavy (non-hydrogen) atoms. The van der Waals surface area contributed by atoms with E-state index in [4.69, 9.17) is 0 Å². The molecule has 0 saturated carbocycles. The SMILES string of the molecule is CC.Cc1nc(-c2ccccc2)c(C)s1. The summed E-state index contributed by atoms with van der Waals surface area (Å²) < 4.78 is 0. The standard InChI is InChI=1S/C11H11NS.C2H6/c1-8-11(12-9(2)13-8)10-6-4-3-5-7-10;1-2/h3-7H,1-2H3;1-2H3. The predicted molar refractivity (Wildman–Crippen MR) is 68.4 cm³/mol. The molecule has 1 nitrogen and oxygen atoms in total. The van der Waals surface area contributed by atoms with Gasteiger partial charge in [-0.3, -0.25) is 0 Å². The van der Waals surface area contributed by atoms with Crippen LogP contribution in [0.5, 0.6) is 0 Å². The molecule has 0 radical (unpaired) electrons. The highest BCUT2D eigenvalue weighted by molar-refractivity contribution is 7.11. The summed E-state index contributed by atoms with van der Waals surface area (Å²) >= 11 is 1.75. The van der Waals surface area contributed by atoms with Crippen LogP contribution in [0.25, 0.3) is 11.3 Å². The van der Waals surface area contributed by atoms with Gasteiger partial charge in [0, 0.05) is 10.4 Å². The van der Waals surface area contributed by atoms with Crippen LogP contribution in [0, 0.1) is 13.8 Å². The summed E-state index contributed by atoms with van der Waals surface area (Å²) in [7, 11) is 0. The molecule has 80 valence electrons. The second-order valence-corrected chi connectivity index (χ2v) is 4.41. The molecule has 0 N–H and O–H groups in total. The van der Waals surface area contributed by atoms with Crippen molar-refractivity contribution >= 4 is 11.3 Å². The summed E-state index contributed by atoms with van der Waals surface area (Å²) in [5.41, 5.74) is 2.34. The third-order valence-electron chi connectivity index (χ3n) is 1.95. The van der Waals surface area contributed by atoms with Crippen molar-refractivity contribution in [1.82, 2.24) is 4.98 Å². The first-order valence-corrected chi connectivity index (χ1v) is 6.08. The van der Waals surface area contributed by atoms with Crippen LogP contribution in [-0.2, 0) is 0 Å². The normalized spacial score (nSPS) is 9.33. The van der Waals surface area contributed by atoms with E-state index in [2.05, 4.69) is 24.0 Å². The molecule has 0 aliphatic carbocycles. The summed E-state index contributed by atoms with van der Waals surface area (Å²) in [4.78, 5) is 5.79. The minimum absolute atomic E-state index is 1.13. The van der Waals surface area contributed by atoms with Crippen molar-refractivity contribution in [2.75, 3.05) is 0 Å². The van der Waals surface area contributed by atoms with Gasteiger partial charge in [0.25, 0.3) is 0 Å². The van der Waals surface area contributed by atoms with E-state index in [0.29, 0.717) is 0 Å². The first-order chi connectivity index (χ1) is 7.27. The van der Waals surface area contributed by atoms with Gasteiger partial charge in [-0.05, 0) is 13.8 Å². The van der Waals surface area contributed by atoms with Crippen LogP contribution in [-0.4, -0.2) is 4.98 Å².